The normalized spacial score (nSPS) is 10.5. The first-order chi connectivity index (χ1) is 8.49. The molecule has 0 atom stereocenters. The number of nitrogens with zero attached hydrogens (tertiary/aromatic N) is 3. The van der Waals surface area contributed by atoms with Gasteiger partial charge in [0, 0.05) is 13.0 Å². The minimum atomic E-state index is -0.532. The third-order valence-corrected chi connectivity index (χ3v) is 2.21. The molecule has 0 amide bonds. The Hall–Kier alpha value is -1.92. The van der Waals surface area contributed by atoms with Crippen LogP contribution in [-0.2, 0) is 6.42 Å². The largest absolute Gasteiger partial charge is 0.476 e. The SMILES string of the molecule is CCNc1nc(CC(C)C)nc(OC)c1[N+](=O)[O-]. The minimum Gasteiger partial charge on any atom is -0.476 e. The van der Waals surface area contributed by atoms with Gasteiger partial charge in [0.05, 0.1) is 12.0 Å². The average molecular weight is 254 g/mol. The van der Waals surface area contributed by atoms with Crippen LogP contribution in [0.3, 0.4) is 0 Å². The lowest BCUT2D eigenvalue weighted by Gasteiger charge is -2.10. The van der Waals surface area contributed by atoms with Gasteiger partial charge in [0.15, 0.2) is 0 Å². The molecule has 0 saturated heterocycles. The maximum atomic E-state index is 11.0. The molecule has 1 heterocycles. The summed E-state index contributed by atoms with van der Waals surface area (Å²) in [6.07, 6.45) is 0.646. The fourth-order valence-electron chi connectivity index (χ4n) is 1.53. The minimum absolute atomic E-state index is 0.00148. The number of anilines is 1. The number of ether oxygens (including phenoxy) is 1. The maximum Gasteiger partial charge on any atom is 0.372 e. The summed E-state index contributed by atoms with van der Waals surface area (Å²) in [4.78, 5) is 18.8. The molecule has 0 radical (unpaired) electrons. The highest BCUT2D eigenvalue weighted by atomic mass is 16.6. The first kappa shape index (κ1) is 14.1. The Labute approximate surface area is 106 Å². The zero-order valence-electron chi connectivity index (χ0n) is 11.1. The van der Waals surface area contributed by atoms with Crippen LogP contribution in [0.15, 0.2) is 0 Å². The zero-order chi connectivity index (χ0) is 13.7. The molecular weight excluding hydrogens is 236 g/mol. The molecule has 1 aromatic heterocycles. The molecule has 1 rings (SSSR count). The maximum absolute atomic E-state index is 11.0. The van der Waals surface area contributed by atoms with Crippen LogP contribution in [0.2, 0.25) is 0 Å². The number of methoxy groups -OCH3 is 1. The van der Waals surface area contributed by atoms with E-state index in [0.29, 0.717) is 24.7 Å². The van der Waals surface area contributed by atoms with E-state index in [0.717, 1.165) is 0 Å². The summed E-state index contributed by atoms with van der Waals surface area (Å²) in [6, 6.07) is 0. The monoisotopic (exact) mass is 254 g/mol. The lowest BCUT2D eigenvalue weighted by Crippen LogP contribution is -2.10. The van der Waals surface area contributed by atoms with Crippen molar-refractivity contribution in [3.63, 3.8) is 0 Å². The number of nitrogens with one attached hydrogen (secondary N) is 1. The Morgan fingerprint density at radius 1 is 1.44 bits per heavy atom. The Balaban J connectivity index is 3.28. The van der Waals surface area contributed by atoms with Crippen LogP contribution in [0.25, 0.3) is 0 Å². The van der Waals surface area contributed by atoms with Crippen molar-refractivity contribution in [2.75, 3.05) is 19.0 Å². The average Bonchev–Trinajstić information content (AvgIpc) is 2.27. The van der Waals surface area contributed by atoms with E-state index in [9.17, 15) is 10.1 Å². The van der Waals surface area contributed by atoms with Crippen molar-refractivity contribution in [3.8, 4) is 5.88 Å². The van der Waals surface area contributed by atoms with Crippen LogP contribution in [0.5, 0.6) is 5.88 Å². The van der Waals surface area contributed by atoms with Gasteiger partial charge in [0.2, 0.25) is 5.82 Å². The lowest BCUT2D eigenvalue weighted by atomic mass is 10.1. The molecule has 7 nitrogen and oxygen atoms in total. The summed E-state index contributed by atoms with van der Waals surface area (Å²) in [5.74, 6) is 1.13. The van der Waals surface area contributed by atoms with Crippen LogP contribution in [0, 0.1) is 16.0 Å². The van der Waals surface area contributed by atoms with E-state index >= 15 is 0 Å². The van der Waals surface area contributed by atoms with Crippen molar-refractivity contribution in [1.82, 2.24) is 9.97 Å². The van der Waals surface area contributed by atoms with Gasteiger partial charge in [-0.1, -0.05) is 13.8 Å². The molecule has 0 aliphatic carbocycles. The van der Waals surface area contributed by atoms with Crippen LogP contribution in [0.1, 0.15) is 26.6 Å². The van der Waals surface area contributed by atoms with Gasteiger partial charge < -0.3 is 10.1 Å². The molecule has 18 heavy (non-hydrogen) atoms. The van der Waals surface area contributed by atoms with Gasteiger partial charge in [0.25, 0.3) is 5.88 Å². The fraction of sp³-hybridized carbons (Fsp3) is 0.636. The molecule has 0 unspecified atom stereocenters. The summed E-state index contributed by atoms with van der Waals surface area (Å²) in [6.45, 7) is 6.46. The molecule has 1 aromatic rings. The number of aromatic nitrogens is 2. The summed E-state index contributed by atoms with van der Waals surface area (Å²) in [5.41, 5.74) is -0.216. The van der Waals surface area contributed by atoms with Crippen molar-refractivity contribution in [3.05, 3.63) is 15.9 Å². The molecule has 100 valence electrons. The van der Waals surface area contributed by atoms with Crippen molar-refractivity contribution < 1.29 is 9.66 Å². The molecular formula is C11H18N4O3. The van der Waals surface area contributed by atoms with Crippen LogP contribution < -0.4 is 10.1 Å². The Bertz CT molecular complexity index is 435. The Morgan fingerprint density at radius 3 is 2.56 bits per heavy atom. The van der Waals surface area contributed by atoms with E-state index < -0.39 is 4.92 Å². The quantitative estimate of drug-likeness (QED) is 0.617. The van der Waals surface area contributed by atoms with Gasteiger partial charge >= 0.3 is 5.69 Å². The summed E-state index contributed by atoms with van der Waals surface area (Å²) < 4.78 is 4.98. The van der Waals surface area contributed by atoms with Crippen molar-refractivity contribution >= 4 is 11.5 Å². The fourth-order valence-corrected chi connectivity index (χ4v) is 1.53. The third-order valence-electron chi connectivity index (χ3n) is 2.21. The van der Waals surface area contributed by atoms with Crippen LogP contribution in [-0.4, -0.2) is 28.5 Å². The van der Waals surface area contributed by atoms with Crippen LogP contribution in [0.4, 0.5) is 11.5 Å². The molecule has 0 spiro atoms. The van der Waals surface area contributed by atoms with E-state index in [1.54, 1.807) is 0 Å². The second-order valence-corrected chi connectivity index (χ2v) is 4.23. The van der Waals surface area contributed by atoms with Gasteiger partial charge in [-0.3, -0.25) is 10.1 Å². The molecule has 1 N–H and O–H groups in total. The predicted molar refractivity (Wildman–Crippen MR) is 67.9 cm³/mol. The molecule has 0 fully saturated rings. The standard InChI is InChI=1S/C11H18N4O3/c1-5-12-10-9(15(16)17)11(18-4)14-8(13-10)6-7(2)3/h7H,5-6H2,1-4H3,(H,12,13,14). The molecule has 7 heteroatoms. The third kappa shape index (κ3) is 3.28. The predicted octanol–water partition coefficient (Wildman–Crippen LogP) is 2.02. The summed E-state index contributed by atoms with van der Waals surface area (Å²) in [5, 5.41) is 13.9. The van der Waals surface area contributed by atoms with Crippen molar-refractivity contribution in [1.29, 1.82) is 0 Å². The first-order valence-electron chi connectivity index (χ1n) is 5.82. The van der Waals surface area contributed by atoms with Crippen LogP contribution >= 0.6 is 0 Å². The molecule has 0 bridgehead atoms. The van der Waals surface area contributed by atoms with E-state index in [-0.39, 0.29) is 17.4 Å². The van der Waals surface area contributed by atoms with E-state index in [2.05, 4.69) is 15.3 Å². The van der Waals surface area contributed by atoms with E-state index in [4.69, 9.17) is 4.74 Å². The van der Waals surface area contributed by atoms with Gasteiger partial charge in [-0.05, 0) is 12.8 Å². The lowest BCUT2D eigenvalue weighted by molar-refractivity contribution is -0.385. The van der Waals surface area contributed by atoms with Gasteiger partial charge in [-0.2, -0.15) is 4.98 Å². The molecule has 0 aromatic carbocycles. The number of rotatable bonds is 6. The van der Waals surface area contributed by atoms with Gasteiger partial charge in [0.1, 0.15) is 5.82 Å². The topological polar surface area (TPSA) is 90.2 Å². The van der Waals surface area contributed by atoms with Gasteiger partial charge in [-0.15, -0.1) is 0 Å². The Morgan fingerprint density at radius 2 is 2.11 bits per heavy atom. The molecule has 0 aliphatic rings. The summed E-state index contributed by atoms with van der Waals surface area (Å²) in [7, 11) is 1.37. The second kappa shape index (κ2) is 6.13. The Kier molecular flexibility index (Phi) is 4.82. The highest BCUT2D eigenvalue weighted by molar-refractivity contribution is 5.61. The van der Waals surface area contributed by atoms with Crippen molar-refractivity contribution in [2.24, 2.45) is 5.92 Å². The smallest absolute Gasteiger partial charge is 0.372 e. The highest BCUT2D eigenvalue weighted by Gasteiger charge is 2.25. The number of hydrogen-bond donors (Lipinski definition) is 1. The van der Waals surface area contributed by atoms with Gasteiger partial charge in [-0.25, -0.2) is 4.98 Å². The molecule has 0 saturated carbocycles. The zero-order valence-corrected chi connectivity index (χ0v) is 11.1. The van der Waals surface area contributed by atoms with E-state index in [1.807, 2.05) is 20.8 Å². The summed E-state index contributed by atoms with van der Waals surface area (Å²) >= 11 is 0. The highest BCUT2D eigenvalue weighted by Crippen LogP contribution is 2.31. The van der Waals surface area contributed by atoms with E-state index in [1.165, 1.54) is 7.11 Å². The molecule has 0 aliphatic heterocycles. The van der Waals surface area contributed by atoms with Crippen molar-refractivity contribution in [2.45, 2.75) is 27.2 Å². The number of hydrogen-bond acceptors (Lipinski definition) is 6. The second-order valence-electron chi connectivity index (χ2n) is 4.23. The first-order valence-corrected chi connectivity index (χ1v) is 5.82. The number of nitro groups is 1.